The van der Waals surface area contributed by atoms with E-state index in [0.717, 1.165) is 0 Å². The average molecular weight is 284 g/mol. The van der Waals surface area contributed by atoms with Gasteiger partial charge in [-0.2, -0.15) is 10.2 Å². The van der Waals surface area contributed by atoms with Crippen LogP contribution in [-0.4, -0.2) is 16.0 Å². The van der Waals surface area contributed by atoms with Gasteiger partial charge in [-0.1, -0.05) is 25.1 Å². The zero-order chi connectivity index (χ0) is 15.4. The first kappa shape index (κ1) is 14.7. The highest BCUT2D eigenvalue weighted by molar-refractivity contribution is 5.94. The van der Waals surface area contributed by atoms with Gasteiger partial charge in [-0.05, 0) is 25.1 Å². The molecule has 0 radical (unpaired) electrons. The number of rotatable bonds is 4. The van der Waals surface area contributed by atoms with Gasteiger partial charge in [0, 0.05) is 11.5 Å². The van der Waals surface area contributed by atoms with E-state index in [4.69, 9.17) is 9.78 Å². The topological polar surface area (TPSA) is 91.8 Å². The van der Waals surface area contributed by atoms with Crippen LogP contribution in [0, 0.1) is 11.3 Å². The number of aromatic nitrogens is 2. The third kappa shape index (κ3) is 3.45. The second-order valence-corrected chi connectivity index (χ2v) is 5.03. The van der Waals surface area contributed by atoms with Crippen LogP contribution in [0.2, 0.25) is 0 Å². The van der Waals surface area contributed by atoms with Gasteiger partial charge >= 0.3 is 0 Å². The molecule has 0 aliphatic heterocycles. The fourth-order valence-corrected chi connectivity index (χ4v) is 1.73. The molecule has 0 spiro atoms. The number of carbonyl (C=O) groups excluding carboxylic acids is 1. The summed E-state index contributed by atoms with van der Waals surface area (Å²) in [5, 5.41) is 15.5. The number of nitrogens with one attached hydrogen (secondary N) is 1. The Morgan fingerprint density at radius 1 is 1.38 bits per heavy atom. The molecule has 0 fully saturated rings. The highest BCUT2D eigenvalue weighted by Crippen LogP contribution is 2.15. The molecule has 6 nitrogen and oxygen atoms in total. The lowest BCUT2D eigenvalue weighted by Crippen LogP contribution is -2.26. The van der Waals surface area contributed by atoms with E-state index in [1.54, 1.807) is 25.1 Å². The molecule has 0 saturated heterocycles. The Balaban J connectivity index is 2.09. The molecule has 1 amide bonds. The molecule has 108 valence electrons. The van der Waals surface area contributed by atoms with E-state index in [-0.39, 0.29) is 11.8 Å². The summed E-state index contributed by atoms with van der Waals surface area (Å²) in [6, 6.07) is 8.10. The first-order valence-corrected chi connectivity index (χ1v) is 6.65. The summed E-state index contributed by atoms with van der Waals surface area (Å²) in [5.74, 6) is 0.850. The molecular weight excluding hydrogens is 268 g/mol. The van der Waals surface area contributed by atoms with E-state index in [1.807, 2.05) is 19.9 Å². The molecule has 0 saturated carbocycles. The molecule has 2 rings (SSSR count). The summed E-state index contributed by atoms with van der Waals surface area (Å²) in [7, 11) is 0. The van der Waals surface area contributed by atoms with E-state index >= 15 is 0 Å². The Kier molecular flexibility index (Phi) is 4.33. The van der Waals surface area contributed by atoms with Gasteiger partial charge in [0.25, 0.3) is 5.91 Å². The van der Waals surface area contributed by atoms with E-state index < -0.39 is 6.04 Å². The van der Waals surface area contributed by atoms with Crippen LogP contribution in [0.1, 0.15) is 60.4 Å². The number of carbonyl (C=O) groups is 1. The van der Waals surface area contributed by atoms with Crippen LogP contribution in [0.4, 0.5) is 0 Å². The smallest absolute Gasteiger partial charge is 0.251 e. The first-order valence-electron chi connectivity index (χ1n) is 6.65. The van der Waals surface area contributed by atoms with Gasteiger partial charge in [-0.15, -0.1) is 0 Å². The van der Waals surface area contributed by atoms with Crippen LogP contribution in [0.15, 0.2) is 28.8 Å². The Labute approximate surface area is 122 Å². The monoisotopic (exact) mass is 284 g/mol. The van der Waals surface area contributed by atoms with Gasteiger partial charge in [0.05, 0.1) is 11.6 Å². The summed E-state index contributed by atoms with van der Waals surface area (Å²) in [6.07, 6.45) is 0. The number of nitrogens with zero attached hydrogens (tertiary/aromatic N) is 3. The summed E-state index contributed by atoms with van der Waals surface area (Å²) in [5.41, 5.74) is 0.861. The fourth-order valence-electron chi connectivity index (χ4n) is 1.73. The van der Waals surface area contributed by atoms with Crippen molar-refractivity contribution in [3.63, 3.8) is 0 Å². The van der Waals surface area contributed by atoms with Crippen molar-refractivity contribution in [2.24, 2.45) is 0 Å². The number of benzene rings is 1. The van der Waals surface area contributed by atoms with Crippen LogP contribution in [-0.2, 0) is 0 Å². The standard InChI is InChI=1S/C15H16N4O2/c1-9(2)13-18-15(21-19-13)10(3)17-14(20)12-6-4-5-11(7-12)8-16/h4-7,9-10H,1-3H3,(H,17,20)/t10-/m0/s1. The first-order chi connectivity index (χ1) is 10.0. The minimum Gasteiger partial charge on any atom is -0.341 e. The number of hydrogen-bond acceptors (Lipinski definition) is 5. The minimum atomic E-state index is -0.400. The van der Waals surface area contributed by atoms with Gasteiger partial charge in [0.15, 0.2) is 5.82 Å². The summed E-state index contributed by atoms with van der Waals surface area (Å²) < 4.78 is 5.14. The summed E-state index contributed by atoms with van der Waals surface area (Å²) in [6.45, 7) is 5.69. The lowest BCUT2D eigenvalue weighted by atomic mass is 10.1. The largest absolute Gasteiger partial charge is 0.341 e. The van der Waals surface area contributed by atoms with Gasteiger partial charge in [0.1, 0.15) is 6.04 Å². The Morgan fingerprint density at radius 2 is 2.14 bits per heavy atom. The highest BCUT2D eigenvalue weighted by atomic mass is 16.5. The van der Waals surface area contributed by atoms with Crippen LogP contribution >= 0.6 is 0 Å². The molecule has 0 unspecified atom stereocenters. The van der Waals surface area contributed by atoms with Crippen LogP contribution < -0.4 is 5.32 Å². The lowest BCUT2D eigenvalue weighted by Gasteiger charge is -2.09. The number of nitriles is 1. The van der Waals surface area contributed by atoms with Crippen molar-refractivity contribution in [2.75, 3.05) is 0 Å². The maximum Gasteiger partial charge on any atom is 0.251 e. The summed E-state index contributed by atoms with van der Waals surface area (Å²) in [4.78, 5) is 16.4. The third-order valence-electron chi connectivity index (χ3n) is 2.95. The Bertz CT molecular complexity index is 685. The van der Waals surface area contributed by atoms with Crippen molar-refractivity contribution < 1.29 is 9.32 Å². The van der Waals surface area contributed by atoms with E-state index in [1.165, 1.54) is 6.07 Å². The molecule has 2 aromatic rings. The van der Waals surface area contributed by atoms with Crippen LogP contribution in [0.25, 0.3) is 0 Å². The number of amides is 1. The van der Waals surface area contributed by atoms with Crippen molar-refractivity contribution in [1.82, 2.24) is 15.5 Å². The van der Waals surface area contributed by atoms with Crippen molar-refractivity contribution >= 4 is 5.91 Å². The molecule has 6 heteroatoms. The molecule has 1 atom stereocenters. The SMILES string of the molecule is CC(C)c1noc([C@H](C)NC(=O)c2cccc(C#N)c2)n1. The highest BCUT2D eigenvalue weighted by Gasteiger charge is 2.18. The van der Waals surface area contributed by atoms with Crippen LogP contribution in [0.5, 0.6) is 0 Å². The van der Waals surface area contributed by atoms with Crippen molar-refractivity contribution in [1.29, 1.82) is 5.26 Å². The van der Waals surface area contributed by atoms with Crippen molar-refractivity contribution in [3.8, 4) is 6.07 Å². The van der Waals surface area contributed by atoms with E-state index in [9.17, 15) is 4.79 Å². The quantitative estimate of drug-likeness (QED) is 0.931. The molecule has 0 bridgehead atoms. The molecule has 1 aromatic heterocycles. The van der Waals surface area contributed by atoms with Crippen molar-refractivity contribution in [3.05, 3.63) is 47.1 Å². The molecule has 0 aliphatic rings. The fraction of sp³-hybridized carbons (Fsp3) is 0.333. The Morgan fingerprint density at radius 3 is 2.76 bits per heavy atom. The summed E-state index contributed by atoms with van der Waals surface area (Å²) >= 11 is 0. The average Bonchev–Trinajstić information content (AvgIpc) is 2.97. The third-order valence-corrected chi connectivity index (χ3v) is 2.95. The maximum absolute atomic E-state index is 12.1. The van der Waals surface area contributed by atoms with Crippen LogP contribution in [0.3, 0.4) is 0 Å². The predicted molar refractivity (Wildman–Crippen MR) is 75.4 cm³/mol. The minimum absolute atomic E-state index is 0.165. The van der Waals surface area contributed by atoms with Gasteiger partial charge in [-0.3, -0.25) is 4.79 Å². The normalized spacial score (nSPS) is 12.0. The van der Waals surface area contributed by atoms with Gasteiger partial charge < -0.3 is 9.84 Å². The van der Waals surface area contributed by atoms with E-state index in [0.29, 0.717) is 22.8 Å². The van der Waals surface area contributed by atoms with Gasteiger partial charge in [0.2, 0.25) is 5.89 Å². The Hall–Kier alpha value is -2.68. The number of hydrogen-bond donors (Lipinski definition) is 1. The molecular formula is C15H16N4O2. The zero-order valence-electron chi connectivity index (χ0n) is 12.1. The lowest BCUT2D eigenvalue weighted by molar-refractivity contribution is 0.0932. The van der Waals surface area contributed by atoms with Crippen molar-refractivity contribution in [2.45, 2.75) is 32.7 Å². The van der Waals surface area contributed by atoms with Gasteiger partial charge in [-0.25, -0.2) is 0 Å². The molecule has 21 heavy (non-hydrogen) atoms. The van der Waals surface area contributed by atoms with E-state index in [2.05, 4.69) is 15.5 Å². The molecule has 1 heterocycles. The second kappa shape index (κ2) is 6.18. The zero-order valence-corrected chi connectivity index (χ0v) is 12.1. The second-order valence-electron chi connectivity index (χ2n) is 5.03. The molecule has 1 N–H and O–H groups in total. The maximum atomic E-state index is 12.1. The molecule has 0 aliphatic carbocycles. The predicted octanol–water partition coefficient (Wildman–Crippen LogP) is 2.56. The molecule has 1 aromatic carbocycles.